The number of carbonyl (C=O) groups excluding carboxylic acids is 1. The number of carbonyl (C=O) groups is 1. The fourth-order valence-electron chi connectivity index (χ4n) is 3.65. The van der Waals surface area contributed by atoms with Gasteiger partial charge in [0, 0.05) is 26.1 Å². The summed E-state index contributed by atoms with van der Waals surface area (Å²) in [5.74, 6) is 2.50. The van der Waals surface area contributed by atoms with E-state index in [1.165, 1.54) is 27.7 Å². The van der Waals surface area contributed by atoms with Gasteiger partial charge in [0.15, 0.2) is 11.4 Å². The molecule has 0 aliphatic heterocycles. The topological polar surface area (TPSA) is 69.9 Å². The molecule has 4 rings (SSSR count). The van der Waals surface area contributed by atoms with Crippen LogP contribution in [-0.4, -0.2) is 42.4 Å². The summed E-state index contributed by atoms with van der Waals surface area (Å²) in [6, 6.07) is 33.4. The normalized spacial score (nSPS) is 10.3. The Kier molecular flexibility index (Phi) is 9.43. The van der Waals surface area contributed by atoms with Gasteiger partial charge in [0.1, 0.15) is 5.82 Å². The fourth-order valence-corrected chi connectivity index (χ4v) is 7.43. The summed E-state index contributed by atoms with van der Waals surface area (Å²) in [6.07, 6.45) is 4.20. The van der Waals surface area contributed by atoms with Gasteiger partial charge in [-0.05, 0) is 29.1 Å². The number of aromatic nitrogens is 2. The van der Waals surface area contributed by atoms with E-state index in [0.717, 1.165) is 6.29 Å². The van der Waals surface area contributed by atoms with Crippen molar-refractivity contribution in [3.05, 3.63) is 103 Å². The molecule has 0 atom stereocenters. The van der Waals surface area contributed by atoms with Crippen LogP contribution in [0.15, 0.2) is 102 Å². The van der Waals surface area contributed by atoms with Crippen LogP contribution >= 0.6 is 18.6 Å². The first-order valence-electron chi connectivity index (χ1n) is 10.9. The first kappa shape index (κ1) is 26.0. The maximum Gasteiger partial charge on any atom is 0.189 e. The van der Waals surface area contributed by atoms with Gasteiger partial charge in [0.25, 0.3) is 0 Å². The van der Waals surface area contributed by atoms with E-state index in [9.17, 15) is 10.1 Å². The van der Waals surface area contributed by atoms with Gasteiger partial charge in [-0.3, -0.25) is 4.79 Å². The van der Waals surface area contributed by atoms with E-state index in [1.54, 1.807) is 11.1 Å². The Balaban J connectivity index is 0.000000225. The number of rotatable bonds is 6. The Morgan fingerprint density at radius 2 is 1.31 bits per heavy atom. The van der Waals surface area contributed by atoms with Crippen molar-refractivity contribution in [2.24, 2.45) is 0 Å². The fraction of sp³-hybridized carbons (Fsp3) is 0.107. The molecule has 0 bridgehead atoms. The zero-order chi connectivity index (χ0) is 25.1. The molecule has 35 heavy (non-hydrogen) atoms. The SMILES string of the molecule is CSc1ncc(C=O)c(N(C)C)n1.N#CC=P(c1ccccc1)(c1ccccc1)c1ccccc1. The van der Waals surface area contributed by atoms with Crippen molar-refractivity contribution in [3.63, 3.8) is 0 Å². The Morgan fingerprint density at radius 3 is 1.66 bits per heavy atom. The highest BCUT2D eigenvalue weighted by atomic mass is 32.2. The van der Waals surface area contributed by atoms with Gasteiger partial charge in [0.2, 0.25) is 0 Å². The van der Waals surface area contributed by atoms with Gasteiger partial charge < -0.3 is 4.90 Å². The van der Waals surface area contributed by atoms with Gasteiger partial charge in [-0.2, -0.15) is 5.26 Å². The zero-order valence-electron chi connectivity index (χ0n) is 19.9. The highest BCUT2D eigenvalue weighted by molar-refractivity contribution is 7.98. The molecular weight excluding hydrogens is 471 g/mol. The monoisotopic (exact) mass is 498 g/mol. The molecule has 3 aromatic carbocycles. The lowest BCUT2D eigenvalue weighted by atomic mass is 10.3. The van der Waals surface area contributed by atoms with E-state index >= 15 is 0 Å². The van der Waals surface area contributed by atoms with Gasteiger partial charge in [0.05, 0.1) is 11.6 Å². The highest BCUT2D eigenvalue weighted by Crippen LogP contribution is 2.43. The molecule has 0 N–H and O–H groups in total. The maximum absolute atomic E-state index is 10.6. The number of anilines is 1. The Hall–Kier alpha value is -3.65. The minimum atomic E-state index is -2.04. The van der Waals surface area contributed by atoms with E-state index < -0.39 is 6.89 Å². The molecular formula is C28H27N4OPS. The van der Waals surface area contributed by atoms with Crippen molar-refractivity contribution in [2.75, 3.05) is 25.3 Å². The predicted octanol–water partition coefficient (Wildman–Crippen LogP) is 4.38. The van der Waals surface area contributed by atoms with Crippen LogP contribution in [0.4, 0.5) is 5.82 Å². The van der Waals surface area contributed by atoms with Crippen LogP contribution in [0, 0.1) is 11.3 Å². The van der Waals surface area contributed by atoms with Crippen LogP contribution in [0.2, 0.25) is 0 Å². The first-order valence-corrected chi connectivity index (χ1v) is 14.0. The second-order valence-electron chi connectivity index (χ2n) is 7.64. The number of aldehydes is 1. The standard InChI is InChI=1S/C20H16NP.C8H11N3OS/c21-16-17-22(18-10-4-1-5-11-18,19-12-6-2-7-13-19)20-14-8-3-9-15-20;1-11(2)7-6(5-12)4-9-8(10-7)13-3/h1-15,17H;4-5H,1-3H3. The Labute approximate surface area is 211 Å². The maximum atomic E-state index is 10.6. The van der Waals surface area contributed by atoms with Crippen LogP contribution in [0.5, 0.6) is 0 Å². The molecule has 0 amide bonds. The van der Waals surface area contributed by atoms with Gasteiger partial charge in [-0.1, -0.05) is 103 Å². The summed E-state index contributed by atoms with van der Waals surface area (Å²) < 4.78 is 0. The summed E-state index contributed by atoms with van der Waals surface area (Å²) in [7, 11) is 3.69. The number of nitriles is 1. The minimum Gasteiger partial charge on any atom is -0.362 e. The van der Waals surface area contributed by atoms with Crippen molar-refractivity contribution >= 4 is 52.5 Å². The van der Waals surface area contributed by atoms with E-state index in [2.05, 4.69) is 52.4 Å². The Bertz CT molecular complexity index is 1230. The molecule has 7 heteroatoms. The average Bonchev–Trinajstić information content (AvgIpc) is 2.93. The number of nitrogens with zero attached hydrogens (tertiary/aromatic N) is 4. The second-order valence-corrected chi connectivity index (χ2v) is 11.7. The van der Waals surface area contributed by atoms with Crippen LogP contribution in [0.3, 0.4) is 0 Å². The lowest BCUT2D eigenvalue weighted by molar-refractivity contribution is 0.112. The zero-order valence-corrected chi connectivity index (χ0v) is 21.7. The lowest BCUT2D eigenvalue weighted by Gasteiger charge is -2.27. The molecule has 1 aromatic heterocycles. The van der Waals surface area contributed by atoms with Gasteiger partial charge in [-0.15, -0.1) is 0 Å². The third-order valence-corrected chi connectivity index (χ3v) is 9.65. The number of hydrogen-bond donors (Lipinski definition) is 0. The van der Waals surface area contributed by atoms with Crippen LogP contribution in [-0.2, 0) is 0 Å². The highest BCUT2D eigenvalue weighted by Gasteiger charge is 2.24. The summed E-state index contributed by atoms with van der Waals surface area (Å²) in [4.78, 5) is 20.6. The van der Waals surface area contributed by atoms with Crippen LogP contribution < -0.4 is 20.8 Å². The number of hydrogen-bond acceptors (Lipinski definition) is 6. The van der Waals surface area contributed by atoms with Crippen LogP contribution in [0.25, 0.3) is 0 Å². The molecule has 176 valence electrons. The van der Waals surface area contributed by atoms with Crippen LogP contribution in [0.1, 0.15) is 10.4 Å². The number of benzene rings is 3. The van der Waals surface area contributed by atoms with Crippen molar-refractivity contribution in [3.8, 4) is 6.07 Å². The molecule has 1 heterocycles. The molecule has 4 aromatic rings. The van der Waals surface area contributed by atoms with E-state index in [4.69, 9.17) is 0 Å². The third kappa shape index (κ3) is 6.08. The largest absolute Gasteiger partial charge is 0.362 e. The van der Waals surface area contributed by atoms with Gasteiger partial charge in [-0.25, -0.2) is 9.97 Å². The summed E-state index contributed by atoms with van der Waals surface area (Å²) >= 11 is 1.45. The van der Waals surface area contributed by atoms with Gasteiger partial charge >= 0.3 is 0 Å². The Morgan fingerprint density at radius 1 is 0.857 bits per heavy atom. The quantitative estimate of drug-likeness (QED) is 0.170. The third-order valence-electron chi connectivity index (χ3n) is 5.25. The van der Waals surface area contributed by atoms with E-state index in [-0.39, 0.29) is 0 Å². The second kappa shape index (κ2) is 12.7. The lowest BCUT2D eigenvalue weighted by Crippen LogP contribution is -2.26. The van der Waals surface area contributed by atoms with Crippen molar-refractivity contribution in [1.29, 1.82) is 5.26 Å². The van der Waals surface area contributed by atoms with E-state index in [0.29, 0.717) is 16.5 Å². The predicted molar refractivity (Wildman–Crippen MR) is 150 cm³/mol. The van der Waals surface area contributed by atoms with Crippen molar-refractivity contribution < 1.29 is 4.79 Å². The summed E-state index contributed by atoms with van der Waals surface area (Å²) in [5, 5.41) is 13.8. The molecule has 0 radical (unpaired) electrons. The molecule has 0 saturated heterocycles. The number of thioether (sulfide) groups is 1. The minimum absolute atomic E-state index is 0.516. The molecule has 0 aliphatic rings. The van der Waals surface area contributed by atoms with E-state index in [1.807, 2.05) is 80.7 Å². The summed E-state index contributed by atoms with van der Waals surface area (Å²) in [6.45, 7) is -2.04. The first-order chi connectivity index (χ1) is 17.1. The molecule has 0 unspecified atom stereocenters. The molecule has 5 nitrogen and oxygen atoms in total. The summed E-state index contributed by atoms with van der Waals surface area (Å²) in [5.41, 5.74) is 0.516. The average molecular weight is 499 g/mol. The molecule has 0 saturated carbocycles. The molecule has 0 aliphatic carbocycles. The smallest absolute Gasteiger partial charge is 0.189 e. The van der Waals surface area contributed by atoms with Crippen molar-refractivity contribution in [2.45, 2.75) is 5.16 Å². The van der Waals surface area contributed by atoms with Crippen molar-refractivity contribution in [1.82, 2.24) is 9.97 Å². The molecule has 0 fully saturated rings. The molecule has 0 spiro atoms.